The lowest BCUT2D eigenvalue weighted by Crippen LogP contribution is -2.41. The number of hydrogen-bond acceptors (Lipinski definition) is 3. The Hall–Kier alpha value is -0.750. The molecule has 0 radical (unpaired) electrons. The molecule has 1 unspecified atom stereocenters. The average Bonchev–Trinajstić information content (AvgIpc) is 2.16. The van der Waals surface area contributed by atoms with Crippen molar-refractivity contribution in [1.29, 1.82) is 0 Å². The van der Waals surface area contributed by atoms with E-state index in [-0.39, 0.29) is 6.10 Å². The molecule has 1 aromatic rings. The molecular formula is C10H12BrNO3S. The van der Waals surface area contributed by atoms with E-state index in [9.17, 15) is 8.42 Å². The van der Waals surface area contributed by atoms with Crippen LogP contribution >= 0.6 is 15.9 Å². The van der Waals surface area contributed by atoms with Gasteiger partial charge in [0, 0.05) is 4.47 Å². The first kappa shape index (κ1) is 11.7. The van der Waals surface area contributed by atoms with E-state index in [4.69, 9.17) is 4.74 Å². The predicted molar refractivity (Wildman–Crippen MR) is 66.4 cm³/mol. The fourth-order valence-corrected chi connectivity index (χ4v) is 3.01. The third-order valence-electron chi connectivity index (χ3n) is 2.34. The van der Waals surface area contributed by atoms with Gasteiger partial charge in [-0.2, -0.15) is 0 Å². The molecule has 0 bridgehead atoms. The maximum atomic E-state index is 11.7. The second kappa shape index (κ2) is 3.92. The largest absolute Gasteiger partial charge is 0.487 e. The van der Waals surface area contributed by atoms with Crippen LogP contribution in [0.1, 0.15) is 6.92 Å². The van der Waals surface area contributed by atoms with Gasteiger partial charge >= 0.3 is 0 Å². The summed E-state index contributed by atoms with van der Waals surface area (Å²) < 4.78 is 31.1. The zero-order chi connectivity index (χ0) is 11.9. The van der Waals surface area contributed by atoms with Crippen LogP contribution in [0.2, 0.25) is 0 Å². The van der Waals surface area contributed by atoms with Crippen LogP contribution in [0.25, 0.3) is 0 Å². The lowest BCUT2D eigenvalue weighted by atomic mass is 10.2. The van der Waals surface area contributed by atoms with Gasteiger partial charge in [-0.15, -0.1) is 0 Å². The minimum Gasteiger partial charge on any atom is -0.487 e. The predicted octanol–water partition coefficient (Wildman–Crippen LogP) is 2.00. The van der Waals surface area contributed by atoms with Gasteiger partial charge in [-0.25, -0.2) is 8.42 Å². The smallest absolute Gasteiger partial charge is 0.232 e. The zero-order valence-corrected chi connectivity index (χ0v) is 11.4. The van der Waals surface area contributed by atoms with Gasteiger partial charge in [0.05, 0.1) is 18.5 Å². The molecule has 0 saturated carbocycles. The fourth-order valence-electron chi connectivity index (χ4n) is 1.69. The second-order valence-corrected chi connectivity index (χ2v) is 6.66. The number of rotatable bonds is 1. The van der Waals surface area contributed by atoms with Crippen molar-refractivity contribution in [2.24, 2.45) is 0 Å². The van der Waals surface area contributed by atoms with Crippen LogP contribution in [0.3, 0.4) is 0 Å². The summed E-state index contributed by atoms with van der Waals surface area (Å²) in [6, 6.07) is 5.35. The van der Waals surface area contributed by atoms with Gasteiger partial charge in [0.1, 0.15) is 11.9 Å². The van der Waals surface area contributed by atoms with Gasteiger partial charge in [-0.05, 0) is 25.1 Å². The molecule has 1 aromatic carbocycles. The Balaban J connectivity index is 2.56. The quantitative estimate of drug-likeness (QED) is 0.797. The summed E-state index contributed by atoms with van der Waals surface area (Å²) in [6.07, 6.45) is 1.07. The summed E-state index contributed by atoms with van der Waals surface area (Å²) in [6.45, 7) is 2.20. The molecule has 0 N–H and O–H groups in total. The van der Waals surface area contributed by atoms with Crippen LogP contribution in [0.5, 0.6) is 5.75 Å². The van der Waals surface area contributed by atoms with Gasteiger partial charge in [-0.1, -0.05) is 15.9 Å². The normalized spacial score (nSPS) is 20.2. The van der Waals surface area contributed by atoms with Crippen LogP contribution in [-0.2, 0) is 10.0 Å². The van der Waals surface area contributed by atoms with Crippen LogP contribution in [0, 0.1) is 0 Å². The van der Waals surface area contributed by atoms with Crippen molar-refractivity contribution >= 4 is 31.6 Å². The maximum absolute atomic E-state index is 11.7. The first-order chi connectivity index (χ1) is 7.38. The van der Waals surface area contributed by atoms with Gasteiger partial charge in [-0.3, -0.25) is 4.31 Å². The molecule has 0 spiro atoms. The standard InChI is InChI=1S/C10H12BrNO3S/c1-7-6-12(16(2,13)14)9-5-8(11)3-4-10(9)15-7/h3-5,7H,6H2,1-2H3. The van der Waals surface area contributed by atoms with Gasteiger partial charge < -0.3 is 4.74 Å². The summed E-state index contributed by atoms with van der Waals surface area (Å²) in [7, 11) is -3.26. The highest BCUT2D eigenvalue weighted by atomic mass is 79.9. The molecule has 1 aliphatic rings. The molecule has 0 amide bonds. The maximum Gasteiger partial charge on any atom is 0.232 e. The van der Waals surface area contributed by atoms with Crippen molar-refractivity contribution in [2.45, 2.75) is 13.0 Å². The van der Waals surface area contributed by atoms with Gasteiger partial charge in [0.2, 0.25) is 10.0 Å². The highest BCUT2D eigenvalue weighted by Gasteiger charge is 2.28. The number of anilines is 1. The first-order valence-electron chi connectivity index (χ1n) is 4.82. The van der Waals surface area contributed by atoms with E-state index in [2.05, 4.69) is 15.9 Å². The van der Waals surface area contributed by atoms with E-state index >= 15 is 0 Å². The molecule has 6 heteroatoms. The monoisotopic (exact) mass is 305 g/mol. The molecule has 4 nitrogen and oxygen atoms in total. The number of halogens is 1. The number of fused-ring (bicyclic) bond motifs is 1. The Labute approximate surface area is 103 Å². The molecule has 0 fully saturated rings. The Kier molecular flexibility index (Phi) is 2.88. The van der Waals surface area contributed by atoms with Crippen LogP contribution in [0.15, 0.2) is 22.7 Å². The van der Waals surface area contributed by atoms with E-state index in [1.807, 2.05) is 13.0 Å². The minimum atomic E-state index is -3.26. The molecule has 16 heavy (non-hydrogen) atoms. The topological polar surface area (TPSA) is 46.6 Å². The van der Waals surface area contributed by atoms with Gasteiger partial charge in [0.25, 0.3) is 0 Å². The molecule has 0 aliphatic carbocycles. The third-order valence-corrected chi connectivity index (χ3v) is 3.98. The lowest BCUT2D eigenvalue weighted by Gasteiger charge is -2.33. The van der Waals surface area contributed by atoms with E-state index < -0.39 is 10.0 Å². The first-order valence-corrected chi connectivity index (χ1v) is 7.46. The molecule has 88 valence electrons. The Morgan fingerprint density at radius 2 is 2.19 bits per heavy atom. The number of ether oxygens (including phenoxy) is 1. The number of benzene rings is 1. The number of hydrogen-bond donors (Lipinski definition) is 0. The molecular weight excluding hydrogens is 294 g/mol. The molecule has 1 heterocycles. The van der Waals surface area contributed by atoms with Crippen molar-refractivity contribution in [2.75, 3.05) is 17.1 Å². The van der Waals surface area contributed by atoms with E-state index in [1.54, 1.807) is 12.1 Å². The Morgan fingerprint density at radius 1 is 1.50 bits per heavy atom. The Bertz CT molecular complexity index is 515. The molecule has 1 aliphatic heterocycles. The van der Waals surface area contributed by atoms with Crippen LogP contribution in [0.4, 0.5) is 5.69 Å². The summed E-state index contributed by atoms with van der Waals surface area (Å²) in [5.74, 6) is 0.604. The van der Waals surface area contributed by atoms with E-state index in [1.165, 1.54) is 10.6 Å². The van der Waals surface area contributed by atoms with Gasteiger partial charge in [0.15, 0.2) is 0 Å². The lowest BCUT2D eigenvalue weighted by molar-refractivity contribution is 0.219. The fraction of sp³-hybridized carbons (Fsp3) is 0.400. The van der Waals surface area contributed by atoms with Crippen molar-refractivity contribution in [3.63, 3.8) is 0 Å². The van der Waals surface area contributed by atoms with Crippen LogP contribution < -0.4 is 9.04 Å². The minimum absolute atomic E-state index is 0.136. The van der Waals surface area contributed by atoms with Crippen molar-refractivity contribution in [3.05, 3.63) is 22.7 Å². The number of nitrogens with zero attached hydrogens (tertiary/aromatic N) is 1. The van der Waals surface area contributed by atoms with E-state index in [0.29, 0.717) is 18.0 Å². The average molecular weight is 306 g/mol. The molecule has 0 saturated heterocycles. The second-order valence-electron chi connectivity index (χ2n) is 3.83. The SMILES string of the molecule is CC1CN(S(C)(=O)=O)c2cc(Br)ccc2O1. The van der Waals surface area contributed by atoms with Crippen molar-refractivity contribution < 1.29 is 13.2 Å². The van der Waals surface area contributed by atoms with Crippen molar-refractivity contribution in [1.82, 2.24) is 0 Å². The summed E-state index contributed by atoms with van der Waals surface area (Å²) >= 11 is 3.32. The number of sulfonamides is 1. The van der Waals surface area contributed by atoms with E-state index in [0.717, 1.165) is 4.47 Å². The summed E-state index contributed by atoms with van der Waals surface area (Å²) in [5.41, 5.74) is 0.593. The molecule has 0 aromatic heterocycles. The highest BCUT2D eigenvalue weighted by molar-refractivity contribution is 9.10. The Morgan fingerprint density at radius 3 is 2.81 bits per heavy atom. The molecule has 1 atom stereocenters. The zero-order valence-electron chi connectivity index (χ0n) is 8.97. The highest BCUT2D eigenvalue weighted by Crippen LogP contribution is 2.36. The van der Waals surface area contributed by atoms with Crippen molar-refractivity contribution in [3.8, 4) is 5.75 Å². The summed E-state index contributed by atoms with van der Waals surface area (Å²) in [5, 5.41) is 0. The summed E-state index contributed by atoms with van der Waals surface area (Å²) in [4.78, 5) is 0. The molecule has 2 rings (SSSR count). The third kappa shape index (κ3) is 2.17. The van der Waals surface area contributed by atoms with Crippen LogP contribution in [-0.4, -0.2) is 27.3 Å².